The van der Waals surface area contributed by atoms with Crippen LogP contribution in [0, 0.1) is 0 Å². The van der Waals surface area contributed by atoms with Crippen molar-refractivity contribution in [3.8, 4) is 11.3 Å². The second kappa shape index (κ2) is 2.87. The monoisotopic (exact) mass is 216 g/mol. The number of ketones is 1. The fourth-order valence-corrected chi connectivity index (χ4v) is 1.92. The Morgan fingerprint density at radius 3 is 2.53 bits per heavy atom. The summed E-state index contributed by atoms with van der Waals surface area (Å²) in [6.07, 6.45) is 0. The maximum atomic E-state index is 11.9. The topological polar surface area (TPSA) is 42.9 Å². The highest BCUT2D eigenvalue weighted by molar-refractivity contribution is 6.30. The molecule has 3 rings (SSSR count). The van der Waals surface area contributed by atoms with E-state index >= 15 is 0 Å². The molecule has 0 spiro atoms. The summed E-state index contributed by atoms with van der Waals surface area (Å²) in [7, 11) is 0. The van der Waals surface area contributed by atoms with Crippen LogP contribution in [0.2, 0.25) is 5.15 Å². The zero-order valence-corrected chi connectivity index (χ0v) is 8.32. The fourth-order valence-electron chi connectivity index (χ4n) is 1.77. The van der Waals surface area contributed by atoms with Crippen LogP contribution in [-0.4, -0.2) is 16.0 Å². The average Bonchev–Trinajstić information content (AvgIpc) is 2.54. The Morgan fingerprint density at radius 1 is 1.00 bits per heavy atom. The average molecular weight is 217 g/mol. The van der Waals surface area contributed by atoms with E-state index < -0.39 is 0 Å². The van der Waals surface area contributed by atoms with Gasteiger partial charge in [0.2, 0.25) is 0 Å². The minimum absolute atomic E-state index is 0.0302. The molecular weight excluding hydrogens is 212 g/mol. The lowest BCUT2D eigenvalue weighted by molar-refractivity contribution is 0.104. The van der Waals surface area contributed by atoms with Crippen molar-refractivity contribution < 1.29 is 4.79 Å². The second-order valence-corrected chi connectivity index (χ2v) is 3.69. The van der Waals surface area contributed by atoms with E-state index in [0.29, 0.717) is 16.8 Å². The van der Waals surface area contributed by atoms with Gasteiger partial charge in [0.15, 0.2) is 10.9 Å². The van der Waals surface area contributed by atoms with Crippen LogP contribution >= 0.6 is 11.6 Å². The third-order valence-electron chi connectivity index (χ3n) is 2.44. The van der Waals surface area contributed by atoms with Gasteiger partial charge < -0.3 is 0 Å². The molecule has 1 heterocycles. The molecule has 1 aliphatic carbocycles. The molecule has 0 radical (unpaired) electrons. The number of aromatic nitrogens is 2. The quantitative estimate of drug-likeness (QED) is 0.579. The number of halogens is 1. The number of carbonyl (C=O) groups is 1. The van der Waals surface area contributed by atoms with Crippen molar-refractivity contribution >= 4 is 17.4 Å². The van der Waals surface area contributed by atoms with Gasteiger partial charge in [-0.15, -0.1) is 10.2 Å². The van der Waals surface area contributed by atoms with Crippen molar-refractivity contribution in [1.82, 2.24) is 10.2 Å². The molecule has 0 saturated carbocycles. The van der Waals surface area contributed by atoms with Crippen molar-refractivity contribution in [2.45, 2.75) is 0 Å². The van der Waals surface area contributed by atoms with Crippen LogP contribution in [0.5, 0.6) is 0 Å². The molecule has 0 N–H and O–H groups in total. The predicted molar refractivity (Wildman–Crippen MR) is 55.9 cm³/mol. The van der Waals surface area contributed by atoms with Crippen LogP contribution in [0.3, 0.4) is 0 Å². The normalized spacial score (nSPS) is 12.5. The first kappa shape index (κ1) is 8.56. The van der Waals surface area contributed by atoms with E-state index in [1.807, 2.05) is 18.2 Å². The van der Waals surface area contributed by atoms with E-state index in [2.05, 4.69) is 10.2 Å². The van der Waals surface area contributed by atoms with Crippen molar-refractivity contribution in [1.29, 1.82) is 0 Å². The smallest absolute Gasteiger partial charge is 0.196 e. The molecule has 0 unspecified atom stereocenters. The summed E-state index contributed by atoms with van der Waals surface area (Å²) in [4.78, 5) is 11.9. The predicted octanol–water partition coefficient (Wildman–Crippen LogP) is 2.34. The second-order valence-electron chi connectivity index (χ2n) is 3.30. The lowest BCUT2D eigenvalue weighted by atomic mass is 10.1. The van der Waals surface area contributed by atoms with Gasteiger partial charge in [-0.1, -0.05) is 35.9 Å². The molecule has 1 aromatic heterocycles. The Labute approximate surface area is 90.7 Å². The van der Waals surface area contributed by atoms with Gasteiger partial charge in [-0.25, -0.2) is 0 Å². The number of rotatable bonds is 0. The van der Waals surface area contributed by atoms with Crippen LogP contribution < -0.4 is 0 Å². The Morgan fingerprint density at radius 2 is 1.73 bits per heavy atom. The Bertz CT molecular complexity index is 581. The molecular formula is C11H5ClN2O. The van der Waals surface area contributed by atoms with E-state index in [1.54, 1.807) is 12.1 Å². The Hall–Kier alpha value is -1.74. The third kappa shape index (κ3) is 1.10. The zero-order chi connectivity index (χ0) is 10.4. The van der Waals surface area contributed by atoms with E-state index in [0.717, 1.165) is 5.56 Å². The van der Waals surface area contributed by atoms with E-state index in [1.165, 1.54) is 0 Å². The number of carbonyl (C=O) groups excluding carboxylic acids is 1. The molecule has 0 bridgehead atoms. The summed E-state index contributed by atoms with van der Waals surface area (Å²) >= 11 is 5.71. The lowest BCUT2D eigenvalue weighted by Gasteiger charge is -1.95. The fraction of sp³-hybridized carbons (Fsp3) is 0. The molecule has 0 fully saturated rings. The summed E-state index contributed by atoms with van der Waals surface area (Å²) in [5.74, 6) is -0.0302. The summed E-state index contributed by atoms with van der Waals surface area (Å²) in [6, 6.07) is 8.91. The molecule has 72 valence electrons. The number of benzene rings is 1. The highest BCUT2D eigenvalue weighted by atomic mass is 35.5. The molecule has 4 heteroatoms. The number of hydrogen-bond donors (Lipinski definition) is 0. The van der Waals surface area contributed by atoms with Gasteiger partial charge >= 0.3 is 0 Å². The molecule has 0 atom stereocenters. The van der Waals surface area contributed by atoms with Gasteiger partial charge in [0.25, 0.3) is 0 Å². The van der Waals surface area contributed by atoms with E-state index in [4.69, 9.17) is 11.6 Å². The highest BCUT2D eigenvalue weighted by Crippen LogP contribution is 2.34. The van der Waals surface area contributed by atoms with Gasteiger partial charge in [-0.05, 0) is 6.07 Å². The molecule has 0 amide bonds. The summed E-state index contributed by atoms with van der Waals surface area (Å²) in [5, 5.41) is 7.94. The number of hydrogen-bond acceptors (Lipinski definition) is 3. The molecule has 1 aliphatic rings. The minimum Gasteiger partial charge on any atom is -0.288 e. The third-order valence-corrected chi connectivity index (χ3v) is 2.62. The minimum atomic E-state index is -0.0302. The van der Waals surface area contributed by atoms with Crippen molar-refractivity contribution in [2.75, 3.05) is 0 Å². The van der Waals surface area contributed by atoms with Crippen LogP contribution in [0.25, 0.3) is 11.3 Å². The summed E-state index contributed by atoms with van der Waals surface area (Å²) in [6.45, 7) is 0. The standard InChI is InChI=1S/C11H5ClN2O/c12-9-5-8-10(14-13-9)6-3-1-2-4-7(6)11(8)15/h1-5H. The number of fused-ring (bicyclic) bond motifs is 3. The van der Waals surface area contributed by atoms with Crippen molar-refractivity contribution in [2.24, 2.45) is 0 Å². The first-order valence-electron chi connectivity index (χ1n) is 4.45. The maximum Gasteiger partial charge on any atom is 0.196 e. The highest BCUT2D eigenvalue weighted by Gasteiger charge is 2.28. The van der Waals surface area contributed by atoms with Gasteiger partial charge in [0, 0.05) is 11.1 Å². The summed E-state index contributed by atoms with van der Waals surface area (Å²) < 4.78 is 0. The first-order valence-corrected chi connectivity index (χ1v) is 4.82. The molecule has 15 heavy (non-hydrogen) atoms. The molecule has 0 saturated heterocycles. The van der Waals surface area contributed by atoms with Gasteiger partial charge in [0.1, 0.15) is 5.69 Å². The Balaban J connectivity index is 2.38. The lowest BCUT2D eigenvalue weighted by Crippen LogP contribution is -1.96. The first-order chi connectivity index (χ1) is 7.27. The van der Waals surface area contributed by atoms with E-state index in [-0.39, 0.29) is 10.9 Å². The van der Waals surface area contributed by atoms with Gasteiger partial charge in [-0.3, -0.25) is 4.79 Å². The van der Waals surface area contributed by atoms with Crippen LogP contribution in [0.1, 0.15) is 15.9 Å². The van der Waals surface area contributed by atoms with Crippen LogP contribution in [-0.2, 0) is 0 Å². The Kier molecular flexibility index (Phi) is 1.64. The maximum absolute atomic E-state index is 11.9. The largest absolute Gasteiger partial charge is 0.288 e. The molecule has 2 aromatic rings. The zero-order valence-electron chi connectivity index (χ0n) is 7.57. The van der Waals surface area contributed by atoms with Gasteiger partial charge in [-0.2, -0.15) is 0 Å². The van der Waals surface area contributed by atoms with Crippen molar-refractivity contribution in [3.05, 3.63) is 46.6 Å². The van der Waals surface area contributed by atoms with Crippen LogP contribution in [0.4, 0.5) is 0 Å². The molecule has 0 aliphatic heterocycles. The summed E-state index contributed by atoms with van der Waals surface area (Å²) in [5.41, 5.74) is 2.67. The SMILES string of the molecule is O=C1c2ccccc2-c2nnc(Cl)cc21. The molecule has 1 aromatic carbocycles. The van der Waals surface area contributed by atoms with E-state index in [9.17, 15) is 4.79 Å². The molecule has 3 nitrogen and oxygen atoms in total. The number of nitrogens with zero attached hydrogens (tertiary/aromatic N) is 2. The van der Waals surface area contributed by atoms with Gasteiger partial charge in [0.05, 0.1) is 5.56 Å². The van der Waals surface area contributed by atoms with Crippen LogP contribution in [0.15, 0.2) is 30.3 Å². The van der Waals surface area contributed by atoms with Crippen molar-refractivity contribution in [3.63, 3.8) is 0 Å².